The van der Waals surface area contributed by atoms with Gasteiger partial charge >= 0.3 is 0 Å². The lowest BCUT2D eigenvalue weighted by Crippen LogP contribution is -2.39. The van der Waals surface area contributed by atoms with Gasteiger partial charge < -0.3 is 10.1 Å². The first-order valence-corrected chi connectivity index (χ1v) is 7.32. The van der Waals surface area contributed by atoms with Crippen LogP contribution < -0.4 is 5.32 Å². The normalized spacial score (nSPS) is 15.7. The zero-order chi connectivity index (χ0) is 14.4. The summed E-state index contributed by atoms with van der Waals surface area (Å²) in [5.74, 6) is -0.0976. The number of hydrogen-bond acceptors (Lipinski definition) is 3. The average Bonchev–Trinajstić information content (AvgIpc) is 2.38. The van der Waals surface area contributed by atoms with Crippen molar-refractivity contribution in [3.8, 4) is 0 Å². The van der Waals surface area contributed by atoms with Crippen molar-refractivity contribution in [2.75, 3.05) is 13.2 Å². The molecule has 0 bridgehead atoms. The van der Waals surface area contributed by atoms with Gasteiger partial charge in [0.15, 0.2) is 0 Å². The second-order valence-corrected chi connectivity index (χ2v) is 6.12. The summed E-state index contributed by atoms with van der Waals surface area (Å²) in [6, 6.07) is 0.205. The first-order valence-electron chi connectivity index (χ1n) is 6.50. The molecule has 0 aromatic carbocycles. The van der Waals surface area contributed by atoms with E-state index in [0.29, 0.717) is 18.1 Å². The first kappa shape index (κ1) is 16.1. The van der Waals surface area contributed by atoms with E-state index in [0.717, 1.165) is 23.3 Å². The number of hydrogen-bond donors (Lipinski definition) is 1. The van der Waals surface area contributed by atoms with Gasteiger partial charge in [-0.25, -0.2) is 0 Å². The molecule has 106 valence electrons. The lowest BCUT2D eigenvalue weighted by Gasteiger charge is -2.23. The number of thioether (sulfide) groups is 1. The van der Waals surface area contributed by atoms with Crippen LogP contribution >= 0.6 is 11.8 Å². The van der Waals surface area contributed by atoms with Crippen LogP contribution in [0.15, 0.2) is 34.1 Å². The highest BCUT2D eigenvalue weighted by Crippen LogP contribution is 2.30. The van der Waals surface area contributed by atoms with E-state index in [-0.39, 0.29) is 11.9 Å². The van der Waals surface area contributed by atoms with Crippen molar-refractivity contribution < 1.29 is 9.53 Å². The molecule has 0 aromatic rings. The number of allylic oxidation sites excluding steroid dienone is 2. The van der Waals surface area contributed by atoms with E-state index in [9.17, 15) is 4.79 Å². The molecule has 0 spiro atoms. The van der Waals surface area contributed by atoms with Gasteiger partial charge in [-0.1, -0.05) is 30.5 Å². The maximum absolute atomic E-state index is 12.0. The molecule has 1 fully saturated rings. The molecule has 1 heterocycles. The smallest absolute Gasteiger partial charge is 0.257 e. The molecule has 1 saturated heterocycles. The lowest BCUT2D eigenvalue weighted by molar-refractivity contribution is -0.118. The summed E-state index contributed by atoms with van der Waals surface area (Å²) in [6.07, 6.45) is 1.75. The third-order valence-electron chi connectivity index (χ3n) is 3.22. The largest absolute Gasteiger partial charge is 0.381 e. The standard InChI is InChI=1S/C15H23NO2S/c1-10(2)11(3)12(4)19-13(5)15(17)16-14-6-8-18-9-7-14/h14H,4-9H2,1-3H3,(H,16,17). The molecule has 1 aliphatic heterocycles. The molecule has 3 nitrogen and oxygen atoms in total. The first-order chi connectivity index (χ1) is 8.91. The van der Waals surface area contributed by atoms with Gasteiger partial charge in [0.25, 0.3) is 5.91 Å². The molecule has 0 saturated carbocycles. The molecule has 1 aliphatic rings. The third kappa shape index (κ3) is 5.25. The Kier molecular flexibility index (Phi) is 6.38. The third-order valence-corrected chi connectivity index (χ3v) is 4.21. The van der Waals surface area contributed by atoms with Crippen LogP contribution in [0.25, 0.3) is 0 Å². The van der Waals surface area contributed by atoms with Crippen LogP contribution in [-0.4, -0.2) is 25.2 Å². The quantitative estimate of drug-likeness (QED) is 0.620. The van der Waals surface area contributed by atoms with Crippen LogP contribution in [0.2, 0.25) is 0 Å². The van der Waals surface area contributed by atoms with E-state index in [1.807, 2.05) is 20.8 Å². The minimum absolute atomic E-state index is 0.0976. The van der Waals surface area contributed by atoms with E-state index in [1.165, 1.54) is 17.3 Å². The van der Waals surface area contributed by atoms with Gasteiger partial charge in [-0.15, -0.1) is 0 Å². The van der Waals surface area contributed by atoms with Crippen molar-refractivity contribution in [3.63, 3.8) is 0 Å². The minimum atomic E-state index is -0.0976. The van der Waals surface area contributed by atoms with Gasteiger partial charge in [-0.3, -0.25) is 4.79 Å². The van der Waals surface area contributed by atoms with Crippen LogP contribution in [0.5, 0.6) is 0 Å². The molecular formula is C15H23NO2S. The van der Waals surface area contributed by atoms with Crippen LogP contribution in [0, 0.1) is 0 Å². The number of rotatable bonds is 5. The number of amides is 1. The monoisotopic (exact) mass is 281 g/mol. The summed E-state index contributed by atoms with van der Waals surface area (Å²) < 4.78 is 5.26. The zero-order valence-corrected chi connectivity index (χ0v) is 12.9. The second kappa shape index (κ2) is 7.56. The van der Waals surface area contributed by atoms with Crippen LogP contribution in [0.3, 0.4) is 0 Å². The Balaban J connectivity index is 2.46. The van der Waals surface area contributed by atoms with Crippen molar-refractivity contribution in [1.82, 2.24) is 5.32 Å². The van der Waals surface area contributed by atoms with Gasteiger partial charge in [0.1, 0.15) is 0 Å². The maximum Gasteiger partial charge on any atom is 0.257 e. The summed E-state index contributed by atoms with van der Waals surface area (Å²) in [7, 11) is 0. The molecule has 0 atom stereocenters. The predicted octanol–water partition coefficient (Wildman–Crippen LogP) is 3.40. The SMILES string of the molecule is C=C(SC(=C)C(C)=C(C)C)C(=O)NC1CCOCC1. The van der Waals surface area contributed by atoms with Gasteiger partial charge in [0, 0.05) is 24.2 Å². The molecule has 19 heavy (non-hydrogen) atoms. The molecule has 0 radical (unpaired) electrons. The van der Waals surface area contributed by atoms with Crippen molar-refractivity contribution >= 4 is 17.7 Å². The highest BCUT2D eigenvalue weighted by molar-refractivity contribution is 8.07. The Hall–Kier alpha value is -1.00. The summed E-state index contributed by atoms with van der Waals surface area (Å²) in [5.41, 5.74) is 2.32. The topological polar surface area (TPSA) is 38.3 Å². The summed E-state index contributed by atoms with van der Waals surface area (Å²) in [4.78, 5) is 13.4. The predicted molar refractivity (Wildman–Crippen MR) is 81.9 cm³/mol. The van der Waals surface area contributed by atoms with Gasteiger partial charge in [0.2, 0.25) is 0 Å². The zero-order valence-electron chi connectivity index (χ0n) is 12.0. The second-order valence-electron chi connectivity index (χ2n) is 4.93. The Morgan fingerprint density at radius 2 is 1.74 bits per heavy atom. The Labute approximate surface area is 120 Å². The molecule has 1 amide bonds. The highest BCUT2D eigenvalue weighted by Gasteiger charge is 2.18. The van der Waals surface area contributed by atoms with Crippen molar-refractivity contribution in [2.24, 2.45) is 0 Å². The molecule has 0 aliphatic carbocycles. The summed E-state index contributed by atoms with van der Waals surface area (Å²) in [5, 5.41) is 3.00. The molecule has 0 aromatic heterocycles. The average molecular weight is 281 g/mol. The maximum atomic E-state index is 12.0. The number of carbonyl (C=O) groups excluding carboxylic acids is 1. The fraction of sp³-hybridized carbons (Fsp3) is 0.533. The summed E-state index contributed by atoms with van der Waals surface area (Å²) >= 11 is 1.34. The Morgan fingerprint density at radius 3 is 2.26 bits per heavy atom. The lowest BCUT2D eigenvalue weighted by atomic mass is 10.1. The highest BCUT2D eigenvalue weighted by atomic mass is 32.2. The minimum Gasteiger partial charge on any atom is -0.381 e. The summed E-state index contributed by atoms with van der Waals surface area (Å²) in [6.45, 7) is 15.3. The van der Waals surface area contributed by atoms with E-state index in [1.54, 1.807) is 0 Å². The molecule has 1 rings (SSSR count). The van der Waals surface area contributed by atoms with Gasteiger partial charge in [-0.2, -0.15) is 0 Å². The van der Waals surface area contributed by atoms with Gasteiger partial charge in [0.05, 0.1) is 4.91 Å². The van der Waals surface area contributed by atoms with Crippen molar-refractivity contribution in [3.05, 3.63) is 34.1 Å². The van der Waals surface area contributed by atoms with E-state index >= 15 is 0 Å². The van der Waals surface area contributed by atoms with Gasteiger partial charge in [-0.05, 0) is 39.2 Å². The van der Waals surface area contributed by atoms with E-state index in [4.69, 9.17) is 4.74 Å². The number of nitrogens with one attached hydrogen (secondary N) is 1. The van der Waals surface area contributed by atoms with E-state index in [2.05, 4.69) is 18.5 Å². The Morgan fingerprint density at radius 1 is 1.16 bits per heavy atom. The number of carbonyl (C=O) groups is 1. The molecule has 4 heteroatoms. The number of ether oxygens (including phenoxy) is 1. The Bertz CT molecular complexity index is 402. The van der Waals surface area contributed by atoms with Crippen LogP contribution in [0.4, 0.5) is 0 Å². The fourth-order valence-corrected chi connectivity index (χ4v) is 2.46. The van der Waals surface area contributed by atoms with Crippen molar-refractivity contribution in [1.29, 1.82) is 0 Å². The van der Waals surface area contributed by atoms with Crippen LogP contribution in [-0.2, 0) is 9.53 Å². The molecular weight excluding hydrogens is 258 g/mol. The molecule has 0 unspecified atom stereocenters. The molecule has 1 N–H and O–H groups in total. The van der Waals surface area contributed by atoms with Crippen LogP contribution in [0.1, 0.15) is 33.6 Å². The fourth-order valence-electron chi connectivity index (χ4n) is 1.66. The van der Waals surface area contributed by atoms with E-state index < -0.39 is 0 Å². The van der Waals surface area contributed by atoms with Crippen molar-refractivity contribution in [2.45, 2.75) is 39.7 Å².